The average molecular weight is 408 g/mol. The van der Waals surface area contributed by atoms with E-state index in [1.807, 2.05) is 12.1 Å². The van der Waals surface area contributed by atoms with E-state index in [4.69, 9.17) is 4.98 Å². The second kappa shape index (κ2) is 7.40. The minimum Gasteiger partial charge on any atom is -0.394 e. The number of aromatic nitrogens is 3. The maximum Gasteiger partial charge on any atom is 0.255 e. The number of aliphatic hydroxyl groups is 1. The lowest BCUT2D eigenvalue weighted by Gasteiger charge is -2.23. The molecule has 0 unspecified atom stereocenters. The van der Waals surface area contributed by atoms with Crippen molar-refractivity contribution < 1.29 is 9.90 Å². The molecular formula is C23H29N5O2. The lowest BCUT2D eigenvalue weighted by Crippen LogP contribution is -2.46. The number of aliphatic hydroxyl groups excluding tert-OH is 1. The van der Waals surface area contributed by atoms with Crippen LogP contribution in [0.5, 0.6) is 0 Å². The van der Waals surface area contributed by atoms with Crippen LogP contribution in [0.15, 0.2) is 36.7 Å². The fraction of sp³-hybridized carbons (Fsp3) is 0.435. The van der Waals surface area contributed by atoms with Crippen LogP contribution in [0.2, 0.25) is 0 Å². The number of carbonyl (C=O) groups excluding carboxylic acids is 1. The molecule has 7 nitrogen and oxygen atoms in total. The molecule has 3 N–H and O–H groups in total. The van der Waals surface area contributed by atoms with Gasteiger partial charge in [0.25, 0.3) is 5.91 Å². The highest BCUT2D eigenvalue weighted by molar-refractivity contribution is 6.05. The number of rotatable bonds is 5. The zero-order valence-corrected chi connectivity index (χ0v) is 18.0. The van der Waals surface area contributed by atoms with Crippen molar-refractivity contribution in [2.45, 2.75) is 39.7 Å². The van der Waals surface area contributed by atoms with E-state index in [1.54, 1.807) is 26.2 Å². The number of benzene rings is 1. The van der Waals surface area contributed by atoms with Crippen molar-refractivity contribution in [2.75, 3.05) is 24.6 Å². The molecule has 30 heavy (non-hydrogen) atoms. The molecule has 0 spiro atoms. The number of aromatic amines is 1. The van der Waals surface area contributed by atoms with Gasteiger partial charge >= 0.3 is 0 Å². The molecule has 0 saturated carbocycles. The predicted octanol–water partition coefficient (Wildman–Crippen LogP) is 3.36. The Morgan fingerprint density at radius 1 is 1.37 bits per heavy atom. The van der Waals surface area contributed by atoms with Gasteiger partial charge in [0.2, 0.25) is 0 Å². The van der Waals surface area contributed by atoms with Gasteiger partial charge in [-0.05, 0) is 37.8 Å². The van der Waals surface area contributed by atoms with Gasteiger partial charge in [-0.1, -0.05) is 26.0 Å². The third kappa shape index (κ3) is 4.03. The minimum absolute atomic E-state index is 0.155. The standard InChI is InChI=1S/C23H29N5O2/c1-22(2)8-9-28(13-22)16-7-5-6-15(10-16)18-12-25-20-19(26-18)17(11-24-20)21(30)27-23(3,4)14-29/h5-7,10-12,29H,8-9,13-14H2,1-4H3,(H,24,25)(H,27,30). The lowest BCUT2D eigenvalue weighted by molar-refractivity contribution is 0.0871. The summed E-state index contributed by atoms with van der Waals surface area (Å²) in [6.45, 7) is 10.1. The minimum atomic E-state index is -0.719. The summed E-state index contributed by atoms with van der Waals surface area (Å²) in [7, 11) is 0. The van der Waals surface area contributed by atoms with Crippen molar-refractivity contribution >= 4 is 22.8 Å². The van der Waals surface area contributed by atoms with Crippen LogP contribution in [0.1, 0.15) is 44.5 Å². The molecule has 1 amide bonds. The largest absolute Gasteiger partial charge is 0.394 e. The van der Waals surface area contributed by atoms with Gasteiger partial charge in [0.15, 0.2) is 5.65 Å². The average Bonchev–Trinajstić information content (AvgIpc) is 3.30. The van der Waals surface area contributed by atoms with Gasteiger partial charge in [0, 0.05) is 30.5 Å². The highest BCUT2D eigenvalue weighted by atomic mass is 16.3. The van der Waals surface area contributed by atoms with Crippen molar-refractivity contribution in [2.24, 2.45) is 5.41 Å². The maximum atomic E-state index is 12.7. The topological polar surface area (TPSA) is 94.1 Å². The Hall–Kier alpha value is -2.93. The van der Waals surface area contributed by atoms with Crippen molar-refractivity contribution in [3.8, 4) is 11.3 Å². The highest BCUT2D eigenvalue weighted by Gasteiger charge is 2.29. The molecule has 3 aromatic rings. The van der Waals surface area contributed by atoms with Crippen molar-refractivity contribution in [1.82, 2.24) is 20.3 Å². The van der Waals surface area contributed by atoms with Crippen LogP contribution in [-0.2, 0) is 0 Å². The summed E-state index contributed by atoms with van der Waals surface area (Å²) in [5, 5.41) is 12.3. The molecule has 1 saturated heterocycles. The van der Waals surface area contributed by atoms with Gasteiger partial charge in [-0.25, -0.2) is 9.97 Å². The van der Waals surface area contributed by atoms with Gasteiger partial charge < -0.3 is 20.3 Å². The van der Waals surface area contributed by atoms with Crippen LogP contribution < -0.4 is 10.2 Å². The Morgan fingerprint density at radius 3 is 2.87 bits per heavy atom. The fourth-order valence-corrected chi connectivity index (χ4v) is 3.81. The molecule has 3 heterocycles. The van der Waals surface area contributed by atoms with E-state index >= 15 is 0 Å². The van der Waals surface area contributed by atoms with E-state index in [1.165, 1.54) is 12.1 Å². The summed E-state index contributed by atoms with van der Waals surface area (Å²) in [6.07, 6.45) is 4.51. The third-order valence-electron chi connectivity index (χ3n) is 5.66. The second-order valence-electron chi connectivity index (χ2n) is 9.54. The van der Waals surface area contributed by atoms with Crippen LogP contribution in [0, 0.1) is 5.41 Å². The first-order valence-corrected chi connectivity index (χ1v) is 10.3. The van der Waals surface area contributed by atoms with Crippen LogP contribution in [-0.4, -0.2) is 51.2 Å². The van der Waals surface area contributed by atoms with Crippen molar-refractivity contribution in [3.63, 3.8) is 0 Å². The molecule has 0 aliphatic carbocycles. The third-order valence-corrected chi connectivity index (χ3v) is 5.66. The Balaban J connectivity index is 1.66. The number of nitrogens with zero attached hydrogens (tertiary/aromatic N) is 3. The quantitative estimate of drug-likeness (QED) is 0.603. The Labute approximate surface area is 176 Å². The van der Waals surface area contributed by atoms with E-state index in [-0.39, 0.29) is 12.5 Å². The fourth-order valence-electron chi connectivity index (χ4n) is 3.81. The molecule has 1 aliphatic rings. The van der Waals surface area contributed by atoms with Crippen LogP contribution in [0.25, 0.3) is 22.4 Å². The van der Waals surface area contributed by atoms with Crippen LogP contribution >= 0.6 is 0 Å². The predicted molar refractivity (Wildman–Crippen MR) is 119 cm³/mol. The molecule has 0 atom stereocenters. The van der Waals surface area contributed by atoms with Gasteiger partial charge in [-0.3, -0.25) is 4.79 Å². The molecule has 2 aromatic heterocycles. The Bertz CT molecular complexity index is 1090. The molecule has 158 valence electrons. The first kappa shape index (κ1) is 20.3. The summed E-state index contributed by atoms with van der Waals surface area (Å²) in [6, 6.07) is 8.32. The monoisotopic (exact) mass is 407 g/mol. The Kier molecular flexibility index (Phi) is 5.02. The number of H-pyrrole nitrogens is 1. The van der Waals surface area contributed by atoms with Gasteiger partial charge in [-0.15, -0.1) is 0 Å². The molecule has 0 radical (unpaired) electrons. The van der Waals surface area contributed by atoms with E-state index in [0.717, 1.165) is 24.3 Å². The number of nitrogens with one attached hydrogen (secondary N) is 2. The molecule has 1 aliphatic heterocycles. The summed E-state index contributed by atoms with van der Waals surface area (Å²) in [5.74, 6) is -0.292. The smallest absolute Gasteiger partial charge is 0.255 e. The number of hydrogen-bond acceptors (Lipinski definition) is 5. The number of fused-ring (bicyclic) bond motifs is 1. The number of hydrogen-bond donors (Lipinski definition) is 3. The SMILES string of the molecule is CC1(C)CCN(c2cccc(-c3cnc4[nH]cc(C(=O)NC(C)(C)CO)c4n3)c2)C1. The summed E-state index contributed by atoms with van der Waals surface area (Å²) >= 11 is 0. The maximum absolute atomic E-state index is 12.7. The molecule has 7 heteroatoms. The molecule has 0 bridgehead atoms. The van der Waals surface area contributed by atoms with E-state index in [2.05, 4.69) is 46.2 Å². The molecule has 1 fully saturated rings. The van der Waals surface area contributed by atoms with E-state index < -0.39 is 5.54 Å². The lowest BCUT2D eigenvalue weighted by atomic mass is 9.93. The van der Waals surface area contributed by atoms with Gasteiger partial charge in [-0.2, -0.15) is 0 Å². The first-order chi connectivity index (χ1) is 14.2. The van der Waals surface area contributed by atoms with Gasteiger partial charge in [0.1, 0.15) is 5.52 Å². The first-order valence-electron chi connectivity index (χ1n) is 10.3. The zero-order valence-electron chi connectivity index (χ0n) is 18.0. The second-order valence-corrected chi connectivity index (χ2v) is 9.54. The van der Waals surface area contributed by atoms with E-state index in [0.29, 0.717) is 22.1 Å². The molecule has 1 aromatic carbocycles. The van der Waals surface area contributed by atoms with E-state index in [9.17, 15) is 9.90 Å². The van der Waals surface area contributed by atoms with Crippen LogP contribution in [0.4, 0.5) is 5.69 Å². The highest BCUT2D eigenvalue weighted by Crippen LogP contribution is 2.34. The molecule has 4 rings (SSSR count). The summed E-state index contributed by atoms with van der Waals surface area (Å²) < 4.78 is 0. The zero-order chi connectivity index (χ0) is 21.5. The van der Waals surface area contributed by atoms with Gasteiger partial charge in [0.05, 0.1) is 29.6 Å². The number of anilines is 1. The van der Waals surface area contributed by atoms with Crippen LogP contribution in [0.3, 0.4) is 0 Å². The van der Waals surface area contributed by atoms with Crippen molar-refractivity contribution in [3.05, 3.63) is 42.2 Å². The summed E-state index contributed by atoms with van der Waals surface area (Å²) in [5.41, 5.74) is 3.96. The number of amides is 1. The Morgan fingerprint density at radius 2 is 2.17 bits per heavy atom. The normalized spacial score (nSPS) is 16.2. The molecular weight excluding hydrogens is 378 g/mol. The van der Waals surface area contributed by atoms with Crippen molar-refractivity contribution in [1.29, 1.82) is 0 Å². The summed E-state index contributed by atoms with van der Waals surface area (Å²) in [4.78, 5) is 27.3. The number of carbonyl (C=O) groups is 1.